The summed E-state index contributed by atoms with van der Waals surface area (Å²) in [6, 6.07) is 0. The van der Waals surface area contributed by atoms with Crippen LogP contribution in [0.15, 0.2) is 4.42 Å². The van der Waals surface area contributed by atoms with Gasteiger partial charge < -0.3 is 14.1 Å². The maximum absolute atomic E-state index is 12.8. The van der Waals surface area contributed by atoms with Gasteiger partial charge >= 0.3 is 0 Å². The number of nitrogens with zero attached hydrogens (tertiary/aromatic N) is 3. The Morgan fingerprint density at radius 2 is 2.04 bits per heavy atom. The number of thiazole rings is 1. The minimum atomic E-state index is 0.0550. The van der Waals surface area contributed by atoms with Crippen LogP contribution in [0.1, 0.15) is 56.5 Å². The molecule has 0 N–H and O–H groups in total. The normalized spacial score (nSPS) is 18.7. The van der Waals surface area contributed by atoms with Gasteiger partial charge in [-0.3, -0.25) is 4.79 Å². The van der Waals surface area contributed by atoms with E-state index in [9.17, 15) is 4.79 Å². The van der Waals surface area contributed by atoms with Crippen molar-refractivity contribution < 1.29 is 13.9 Å². The molecule has 1 fully saturated rings. The van der Waals surface area contributed by atoms with E-state index in [1.807, 2.05) is 18.7 Å². The highest BCUT2D eigenvalue weighted by atomic mass is 32.1. The number of aromatic nitrogens is 2. The van der Waals surface area contributed by atoms with Crippen LogP contribution in [0, 0.1) is 13.8 Å². The second-order valence-corrected chi connectivity index (χ2v) is 7.64. The van der Waals surface area contributed by atoms with Gasteiger partial charge in [-0.2, -0.15) is 0 Å². The molecule has 4 rings (SSSR count). The van der Waals surface area contributed by atoms with Crippen molar-refractivity contribution in [1.82, 2.24) is 14.9 Å². The average Bonchev–Trinajstić information content (AvgIpc) is 3.17. The Hall–Kier alpha value is -1.73. The number of carbonyl (C=O) groups excluding carboxylic acids is 1. The Morgan fingerprint density at radius 1 is 1.25 bits per heavy atom. The van der Waals surface area contributed by atoms with Gasteiger partial charge in [0.2, 0.25) is 0 Å². The molecule has 0 radical (unpaired) electrons. The van der Waals surface area contributed by atoms with E-state index in [0.717, 1.165) is 65.4 Å². The standard InChI is InChI=1S/C17H21N3O3S/c1-10-15(24-11(2)18-10)17(21)20-6-3-14-13(9-20)19-16(23-14)12-4-7-22-8-5-12/h12H,3-9H2,1-2H3. The van der Waals surface area contributed by atoms with Gasteiger partial charge in [0.1, 0.15) is 16.3 Å². The quantitative estimate of drug-likeness (QED) is 0.835. The molecule has 1 amide bonds. The molecule has 2 aromatic heterocycles. The van der Waals surface area contributed by atoms with Crippen LogP contribution in [0.3, 0.4) is 0 Å². The fraction of sp³-hybridized carbons (Fsp3) is 0.588. The Labute approximate surface area is 144 Å². The summed E-state index contributed by atoms with van der Waals surface area (Å²) in [6.07, 6.45) is 2.65. The average molecular weight is 347 g/mol. The molecule has 0 atom stereocenters. The Kier molecular flexibility index (Phi) is 4.14. The lowest BCUT2D eigenvalue weighted by atomic mass is 10.0. The zero-order valence-electron chi connectivity index (χ0n) is 14.0. The maximum atomic E-state index is 12.8. The molecular formula is C17H21N3O3S. The monoisotopic (exact) mass is 347 g/mol. The SMILES string of the molecule is Cc1nc(C)c(C(=O)N2CCc3oc(C4CCOCC4)nc3C2)s1. The number of carbonyl (C=O) groups is 1. The molecule has 0 spiro atoms. The van der Waals surface area contributed by atoms with Crippen LogP contribution in [0.4, 0.5) is 0 Å². The summed E-state index contributed by atoms with van der Waals surface area (Å²) >= 11 is 1.47. The number of rotatable bonds is 2. The van der Waals surface area contributed by atoms with E-state index in [2.05, 4.69) is 4.98 Å². The first kappa shape index (κ1) is 15.8. The lowest BCUT2D eigenvalue weighted by molar-refractivity contribution is 0.0729. The van der Waals surface area contributed by atoms with E-state index in [4.69, 9.17) is 14.1 Å². The molecule has 2 aromatic rings. The molecule has 0 bridgehead atoms. The van der Waals surface area contributed by atoms with Crippen LogP contribution in [0.2, 0.25) is 0 Å². The van der Waals surface area contributed by atoms with E-state index in [-0.39, 0.29) is 5.91 Å². The third kappa shape index (κ3) is 2.86. The van der Waals surface area contributed by atoms with Crippen LogP contribution in [-0.2, 0) is 17.7 Å². The van der Waals surface area contributed by atoms with Crippen molar-refractivity contribution in [1.29, 1.82) is 0 Å². The van der Waals surface area contributed by atoms with E-state index in [1.54, 1.807) is 0 Å². The smallest absolute Gasteiger partial charge is 0.266 e. The summed E-state index contributed by atoms with van der Waals surface area (Å²) in [6.45, 7) is 6.56. The first-order valence-electron chi connectivity index (χ1n) is 8.41. The summed E-state index contributed by atoms with van der Waals surface area (Å²) in [5.74, 6) is 2.17. The first-order chi connectivity index (χ1) is 11.6. The lowest BCUT2D eigenvalue weighted by Crippen LogP contribution is -2.35. The molecule has 128 valence electrons. The Bertz CT molecular complexity index is 761. The van der Waals surface area contributed by atoms with Gasteiger partial charge in [0.15, 0.2) is 5.89 Å². The molecule has 6 nitrogen and oxygen atoms in total. The van der Waals surface area contributed by atoms with Crippen molar-refractivity contribution in [3.05, 3.63) is 32.9 Å². The molecule has 0 saturated carbocycles. The number of aryl methyl sites for hydroxylation is 2. The van der Waals surface area contributed by atoms with Gasteiger partial charge in [0, 0.05) is 32.1 Å². The number of oxazole rings is 1. The van der Waals surface area contributed by atoms with E-state index >= 15 is 0 Å². The topological polar surface area (TPSA) is 68.5 Å². The van der Waals surface area contributed by atoms with Crippen LogP contribution < -0.4 is 0 Å². The number of amides is 1. The second-order valence-electron chi connectivity index (χ2n) is 6.43. The molecule has 0 unspecified atom stereocenters. The predicted octanol–water partition coefficient (Wildman–Crippen LogP) is 2.84. The Morgan fingerprint density at radius 3 is 2.75 bits per heavy atom. The molecule has 0 aromatic carbocycles. The molecule has 2 aliphatic heterocycles. The molecule has 7 heteroatoms. The van der Waals surface area contributed by atoms with Crippen molar-refractivity contribution in [3.63, 3.8) is 0 Å². The van der Waals surface area contributed by atoms with E-state index in [0.29, 0.717) is 19.0 Å². The van der Waals surface area contributed by atoms with E-state index < -0.39 is 0 Å². The van der Waals surface area contributed by atoms with Crippen LogP contribution in [0.25, 0.3) is 0 Å². The molecule has 1 saturated heterocycles. The van der Waals surface area contributed by atoms with Gasteiger partial charge in [0.25, 0.3) is 5.91 Å². The third-order valence-corrected chi connectivity index (χ3v) is 5.76. The fourth-order valence-corrected chi connectivity index (χ4v) is 4.27. The molecule has 24 heavy (non-hydrogen) atoms. The largest absolute Gasteiger partial charge is 0.445 e. The lowest BCUT2D eigenvalue weighted by Gasteiger charge is -2.24. The zero-order chi connectivity index (χ0) is 16.7. The number of hydrogen-bond acceptors (Lipinski definition) is 6. The predicted molar refractivity (Wildman–Crippen MR) is 89.3 cm³/mol. The van der Waals surface area contributed by atoms with Crippen LogP contribution >= 0.6 is 11.3 Å². The zero-order valence-corrected chi connectivity index (χ0v) is 14.8. The summed E-state index contributed by atoms with van der Waals surface area (Å²) in [4.78, 5) is 24.4. The van der Waals surface area contributed by atoms with Gasteiger partial charge in [-0.05, 0) is 26.7 Å². The number of hydrogen-bond donors (Lipinski definition) is 0. The molecule has 0 aliphatic carbocycles. The van der Waals surface area contributed by atoms with Crippen molar-refractivity contribution in [3.8, 4) is 0 Å². The fourth-order valence-electron chi connectivity index (χ4n) is 3.38. The van der Waals surface area contributed by atoms with E-state index in [1.165, 1.54) is 11.3 Å². The van der Waals surface area contributed by atoms with Crippen molar-refractivity contribution in [2.75, 3.05) is 19.8 Å². The van der Waals surface area contributed by atoms with Gasteiger partial charge in [0.05, 0.1) is 17.2 Å². The first-order valence-corrected chi connectivity index (χ1v) is 9.23. The van der Waals surface area contributed by atoms with Crippen LogP contribution in [-0.4, -0.2) is 40.5 Å². The van der Waals surface area contributed by atoms with Gasteiger partial charge in [-0.15, -0.1) is 11.3 Å². The summed E-state index contributed by atoms with van der Waals surface area (Å²) < 4.78 is 11.4. The van der Waals surface area contributed by atoms with Gasteiger partial charge in [-0.25, -0.2) is 9.97 Å². The summed E-state index contributed by atoms with van der Waals surface area (Å²) in [5.41, 5.74) is 1.73. The number of fused-ring (bicyclic) bond motifs is 1. The molecule has 4 heterocycles. The van der Waals surface area contributed by atoms with Crippen LogP contribution in [0.5, 0.6) is 0 Å². The minimum absolute atomic E-state index is 0.0550. The molecule has 2 aliphatic rings. The number of ether oxygens (including phenoxy) is 1. The second kappa shape index (κ2) is 6.29. The maximum Gasteiger partial charge on any atom is 0.266 e. The summed E-state index contributed by atoms with van der Waals surface area (Å²) in [5, 5.41) is 0.928. The van der Waals surface area contributed by atoms with Crippen molar-refractivity contribution in [2.45, 2.75) is 45.6 Å². The highest BCUT2D eigenvalue weighted by molar-refractivity contribution is 7.13. The van der Waals surface area contributed by atoms with Crippen molar-refractivity contribution in [2.24, 2.45) is 0 Å². The third-order valence-electron chi connectivity index (χ3n) is 4.70. The highest BCUT2D eigenvalue weighted by Crippen LogP contribution is 2.30. The van der Waals surface area contributed by atoms with Crippen molar-refractivity contribution >= 4 is 17.2 Å². The summed E-state index contributed by atoms with van der Waals surface area (Å²) in [7, 11) is 0. The molecular weight excluding hydrogens is 326 g/mol. The highest BCUT2D eigenvalue weighted by Gasteiger charge is 2.30. The minimum Gasteiger partial charge on any atom is -0.445 e. The Balaban J connectivity index is 1.52. The van der Waals surface area contributed by atoms with Gasteiger partial charge in [-0.1, -0.05) is 0 Å².